The highest BCUT2D eigenvalue weighted by Gasteiger charge is 2.16. The number of benzene rings is 1. The maximum absolute atomic E-state index is 12.5. The number of rotatable bonds is 8. The Hall–Kier alpha value is -1.55. The van der Waals surface area contributed by atoms with E-state index in [1.165, 1.54) is 0 Å². The fourth-order valence-corrected chi connectivity index (χ4v) is 2.17. The van der Waals surface area contributed by atoms with Crippen molar-refractivity contribution in [3.63, 3.8) is 0 Å². The molecule has 0 radical (unpaired) electrons. The summed E-state index contributed by atoms with van der Waals surface area (Å²) in [6.45, 7) is 8.05. The number of carbonyl (C=O) groups is 1. The van der Waals surface area contributed by atoms with Gasteiger partial charge in [-0.2, -0.15) is 0 Å². The van der Waals surface area contributed by atoms with Crippen LogP contribution in [0, 0.1) is 6.92 Å². The monoisotopic (exact) mass is 278 g/mol. The maximum atomic E-state index is 12.5. The first-order chi connectivity index (χ1) is 9.63. The molecule has 0 saturated heterocycles. The molecule has 0 fully saturated rings. The van der Waals surface area contributed by atoms with Crippen molar-refractivity contribution in [1.82, 2.24) is 4.90 Å². The van der Waals surface area contributed by atoms with Crippen molar-refractivity contribution in [3.05, 3.63) is 29.3 Å². The quantitative estimate of drug-likeness (QED) is 0.768. The Morgan fingerprint density at radius 3 is 2.60 bits per heavy atom. The Labute approximate surface area is 121 Å². The summed E-state index contributed by atoms with van der Waals surface area (Å²) in [4.78, 5) is 14.3. The summed E-state index contributed by atoms with van der Waals surface area (Å²) in [7, 11) is 0. The number of hydrogen-bond acceptors (Lipinski definition) is 3. The molecule has 2 N–H and O–H groups in total. The van der Waals surface area contributed by atoms with Gasteiger partial charge in [0.1, 0.15) is 0 Å². The maximum Gasteiger partial charge on any atom is 0.254 e. The zero-order valence-electron chi connectivity index (χ0n) is 12.8. The van der Waals surface area contributed by atoms with Crippen molar-refractivity contribution < 1.29 is 9.90 Å². The standard InChI is InChI=1S/C16H26N2O2/c1-4-6-9-18(10-11-19)16(20)15-8-7-14(17-5-2)12-13(15)3/h7-8,12,17,19H,4-6,9-11H2,1-3H3. The van der Waals surface area contributed by atoms with Crippen molar-refractivity contribution in [2.45, 2.75) is 33.6 Å². The number of carbonyl (C=O) groups excluding carboxylic acids is 1. The van der Waals surface area contributed by atoms with Gasteiger partial charge < -0.3 is 15.3 Å². The van der Waals surface area contributed by atoms with Gasteiger partial charge in [0, 0.05) is 30.9 Å². The topological polar surface area (TPSA) is 52.6 Å². The summed E-state index contributed by atoms with van der Waals surface area (Å²) in [5, 5.41) is 12.3. The average molecular weight is 278 g/mol. The van der Waals surface area contributed by atoms with Gasteiger partial charge in [-0.25, -0.2) is 0 Å². The lowest BCUT2D eigenvalue weighted by Gasteiger charge is -2.22. The molecule has 0 aliphatic rings. The van der Waals surface area contributed by atoms with Crippen LogP contribution in [0.25, 0.3) is 0 Å². The number of nitrogens with one attached hydrogen (secondary N) is 1. The Kier molecular flexibility index (Phi) is 7.09. The fraction of sp³-hybridized carbons (Fsp3) is 0.562. The van der Waals surface area contributed by atoms with E-state index >= 15 is 0 Å². The van der Waals surface area contributed by atoms with Gasteiger partial charge in [0.2, 0.25) is 0 Å². The van der Waals surface area contributed by atoms with Crippen LogP contribution < -0.4 is 5.32 Å². The van der Waals surface area contributed by atoms with Crippen molar-refractivity contribution in [2.75, 3.05) is 31.6 Å². The summed E-state index contributed by atoms with van der Waals surface area (Å²) >= 11 is 0. The van der Waals surface area contributed by atoms with Gasteiger partial charge >= 0.3 is 0 Å². The molecule has 0 spiro atoms. The lowest BCUT2D eigenvalue weighted by molar-refractivity contribution is 0.0718. The number of anilines is 1. The zero-order chi connectivity index (χ0) is 15.0. The molecular formula is C16H26N2O2. The normalized spacial score (nSPS) is 10.4. The van der Waals surface area contributed by atoms with Crippen LogP contribution in [0.3, 0.4) is 0 Å². The summed E-state index contributed by atoms with van der Waals surface area (Å²) in [6, 6.07) is 5.79. The molecule has 0 saturated carbocycles. The van der Waals surface area contributed by atoms with E-state index in [2.05, 4.69) is 12.2 Å². The highest BCUT2D eigenvalue weighted by molar-refractivity contribution is 5.96. The van der Waals surface area contributed by atoms with Crippen LogP contribution in [-0.4, -0.2) is 42.2 Å². The van der Waals surface area contributed by atoms with Gasteiger partial charge in [0.15, 0.2) is 0 Å². The number of unbranched alkanes of at least 4 members (excludes halogenated alkanes) is 1. The predicted molar refractivity (Wildman–Crippen MR) is 83.2 cm³/mol. The summed E-state index contributed by atoms with van der Waals surface area (Å²) in [5.41, 5.74) is 2.72. The highest BCUT2D eigenvalue weighted by Crippen LogP contribution is 2.17. The first-order valence-electron chi connectivity index (χ1n) is 7.38. The van der Waals surface area contributed by atoms with Gasteiger partial charge in [-0.05, 0) is 44.0 Å². The third-order valence-electron chi connectivity index (χ3n) is 3.28. The Balaban J connectivity index is 2.87. The number of aryl methyl sites for hydroxylation is 1. The lowest BCUT2D eigenvalue weighted by Crippen LogP contribution is -2.34. The number of nitrogens with zero attached hydrogens (tertiary/aromatic N) is 1. The average Bonchev–Trinajstić information content (AvgIpc) is 2.43. The number of aliphatic hydroxyl groups is 1. The minimum absolute atomic E-state index is 0.00394. The zero-order valence-corrected chi connectivity index (χ0v) is 12.8. The fourth-order valence-electron chi connectivity index (χ4n) is 2.17. The van der Waals surface area contributed by atoms with Crippen molar-refractivity contribution in [1.29, 1.82) is 0 Å². The summed E-state index contributed by atoms with van der Waals surface area (Å²) < 4.78 is 0. The van der Waals surface area contributed by atoms with Gasteiger partial charge in [-0.15, -0.1) is 0 Å². The second-order valence-corrected chi connectivity index (χ2v) is 4.93. The van der Waals surface area contributed by atoms with Crippen LogP contribution in [0.15, 0.2) is 18.2 Å². The number of aliphatic hydroxyl groups excluding tert-OH is 1. The van der Waals surface area contributed by atoms with Crippen LogP contribution in [-0.2, 0) is 0 Å². The van der Waals surface area contributed by atoms with E-state index in [4.69, 9.17) is 5.11 Å². The Morgan fingerprint density at radius 2 is 2.05 bits per heavy atom. The first kappa shape index (κ1) is 16.5. The third-order valence-corrected chi connectivity index (χ3v) is 3.28. The minimum Gasteiger partial charge on any atom is -0.395 e. The van der Waals surface area contributed by atoms with E-state index in [0.717, 1.165) is 36.2 Å². The summed E-state index contributed by atoms with van der Waals surface area (Å²) in [5.74, 6) is 0.00745. The summed E-state index contributed by atoms with van der Waals surface area (Å²) in [6.07, 6.45) is 1.99. The molecule has 0 atom stereocenters. The molecule has 4 nitrogen and oxygen atoms in total. The van der Waals surface area contributed by atoms with E-state index in [0.29, 0.717) is 13.1 Å². The van der Waals surface area contributed by atoms with E-state index in [1.807, 2.05) is 32.0 Å². The second kappa shape index (κ2) is 8.59. The van der Waals surface area contributed by atoms with Crippen LogP contribution in [0.4, 0.5) is 5.69 Å². The third kappa shape index (κ3) is 4.53. The number of hydrogen-bond donors (Lipinski definition) is 2. The van der Waals surface area contributed by atoms with Gasteiger partial charge in [-0.1, -0.05) is 13.3 Å². The minimum atomic E-state index is 0.00394. The van der Waals surface area contributed by atoms with Gasteiger partial charge in [-0.3, -0.25) is 4.79 Å². The van der Waals surface area contributed by atoms with Crippen LogP contribution in [0.5, 0.6) is 0 Å². The molecule has 1 aromatic rings. The van der Waals surface area contributed by atoms with E-state index in [9.17, 15) is 4.79 Å². The molecule has 0 unspecified atom stereocenters. The first-order valence-corrected chi connectivity index (χ1v) is 7.38. The van der Waals surface area contributed by atoms with E-state index < -0.39 is 0 Å². The van der Waals surface area contributed by atoms with Crippen LogP contribution in [0.1, 0.15) is 42.6 Å². The molecule has 0 aromatic heterocycles. The van der Waals surface area contributed by atoms with Crippen molar-refractivity contribution in [2.24, 2.45) is 0 Å². The molecule has 0 aliphatic carbocycles. The largest absolute Gasteiger partial charge is 0.395 e. The molecule has 0 bridgehead atoms. The Morgan fingerprint density at radius 1 is 1.30 bits per heavy atom. The smallest absolute Gasteiger partial charge is 0.254 e. The van der Waals surface area contributed by atoms with Gasteiger partial charge in [0.25, 0.3) is 5.91 Å². The molecule has 112 valence electrons. The van der Waals surface area contributed by atoms with Crippen LogP contribution in [0.2, 0.25) is 0 Å². The second-order valence-electron chi connectivity index (χ2n) is 4.93. The Bertz CT molecular complexity index is 432. The molecule has 20 heavy (non-hydrogen) atoms. The van der Waals surface area contributed by atoms with Gasteiger partial charge in [0.05, 0.1) is 6.61 Å². The molecule has 1 amide bonds. The lowest BCUT2D eigenvalue weighted by atomic mass is 10.1. The highest BCUT2D eigenvalue weighted by atomic mass is 16.3. The van der Waals surface area contributed by atoms with E-state index in [1.54, 1.807) is 4.90 Å². The molecule has 0 aliphatic heterocycles. The molecule has 0 heterocycles. The van der Waals surface area contributed by atoms with E-state index in [-0.39, 0.29) is 12.5 Å². The predicted octanol–water partition coefficient (Wildman–Crippen LogP) is 2.66. The SMILES string of the molecule is CCCCN(CCO)C(=O)c1ccc(NCC)cc1C. The molecule has 1 rings (SSSR count). The van der Waals surface area contributed by atoms with Crippen molar-refractivity contribution in [3.8, 4) is 0 Å². The molecular weight excluding hydrogens is 252 g/mol. The van der Waals surface area contributed by atoms with Crippen LogP contribution >= 0.6 is 0 Å². The number of amides is 1. The molecule has 4 heteroatoms. The molecule has 1 aromatic carbocycles. The van der Waals surface area contributed by atoms with Crippen molar-refractivity contribution >= 4 is 11.6 Å².